The molecule has 110 valence electrons. The number of nitrogens with zero attached hydrogens (tertiary/aromatic N) is 3. The molecule has 21 heavy (non-hydrogen) atoms. The first-order valence-electron chi connectivity index (χ1n) is 6.02. The van der Waals surface area contributed by atoms with Gasteiger partial charge in [0.05, 0.1) is 17.1 Å². The zero-order valence-electron chi connectivity index (χ0n) is 11.3. The normalized spacial score (nSPS) is 10.4. The smallest absolute Gasteiger partial charge is 0.361 e. The van der Waals surface area contributed by atoms with Gasteiger partial charge in [-0.25, -0.2) is 4.79 Å². The van der Waals surface area contributed by atoms with E-state index in [4.69, 9.17) is 4.74 Å². The lowest BCUT2D eigenvalue weighted by Gasteiger charge is -2.05. The van der Waals surface area contributed by atoms with E-state index >= 15 is 0 Å². The average molecular weight is 292 g/mol. The third kappa shape index (κ3) is 2.66. The predicted molar refractivity (Wildman–Crippen MR) is 70.8 cm³/mol. The monoisotopic (exact) mass is 292 g/mol. The number of ether oxygens (including phenoxy) is 1. The number of phenols is 1. The number of aromatic hydroxyl groups is 1. The third-order valence-corrected chi connectivity index (χ3v) is 2.70. The van der Waals surface area contributed by atoms with Gasteiger partial charge < -0.3 is 9.84 Å². The number of aromatic nitrogens is 3. The summed E-state index contributed by atoms with van der Waals surface area (Å²) in [6.45, 7) is 3.40. The summed E-state index contributed by atoms with van der Waals surface area (Å²) < 4.78 is 4.82. The van der Waals surface area contributed by atoms with Gasteiger partial charge in [-0.3, -0.25) is 10.1 Å². The van der Waals surface area contributed by atoms with Crippen LogP contribution < -0.4 is 0 Å². The quantitative estimate of drug-likeness (QED) is 0.496. The summed E-state index contributed by atoms with van der Waals surface area (Å²) in [5, 5.41) is 30.6. The minimum atomic E-state index is -0.732. The lowest BCUT2D eigenvalue weighted by molar-refractivity contribution is -0.385. The first-order valence-corrected chi connectivity index (χ1v) is 6.02. The molecule has 0 saturated carbocycles. The third-order valence-electron chi connectivity index (χ3n) is 2.70. The Hall–Kier alpha value is -2.97. The maximum atomic E-state index is 11.8. The van der Waals surface area contributed by atoms with E-state index in [1.54, 1.807) is 13.8 Å². The molecule has 2 aromatic rings. The highest BCUT2D eigenvalue weighted by molar-refractivity contribution is 5.95. The predicted octanol–water partition coefficient (Wildman–Crippen LogP) is 1.57. The molecular weight excluding hydrogens is 280 g/mol. The van der Waals surface area contributed by atoms with Crippen molar-refractivity contribution in [1.82, 2.24) is 15.4 Å². The number of hydrogen-bond acceptors (Lipinski definition) is 7. The van der Waals surface area contributed by atoms with Crippen molar-refractivity contribution in [2.45, 2.75) is 13.8 Å². The lowest BCUT2D eigenvalue weighted by atomic mass is 10.0. The molecule has 0 bridgehead atoms. The van der Waals surface area contributed by atoms with E-state index in [1.807, 2.05) is 0 Å². The highest BCUT2D eigenvalue weighted by Gasteiger charge is 2.26. The largest absolute Gasteiger partial charge is 0.502 e. The molecular formula is C12H12N4O5. The molecule has 0 spiro atoms. The van der Waals surface area contributed by atoms with Gasteiger partial charge in [0.2, 0.25) is 5.75 Å². The van der Waals surface area contributed by atoms with Gasteiger partial charge in [-0.15, -0.1) is 5.10 Å². The molecule has 0 saturated heterocycles. The molecule has 0 fully saturated rings. The van der Waals surface area contributed by atoms with E-state index in [9.17, 15) is 20.0 Å². The molecule has 0 aliphatic heterocycles. The number of phenolic OH excluding ortho intramolecular Hbond substituents is 1. The average Bonchev–Trinajstić information content (AvgIpc) is 2.90. The second kappa shape index (κ2) is 5.57. The van der Waals surface area contributed by atoms with Crippen molar-refractivity contribution in [3.05, 3.63) is 33.5 Å². The summed E-state index contributed by atoms with van der Waals surface area (Å²) in [4.78, 5) is 22.0. The zero-order chi connectivity index (χ0) is 15.6. The molecule has 0 aliphatic carbocycles. The van der Waals surface area contributed by atoms with Gasteiger partial charge >= 0.3 is 11.7 Å². The number of benzene rings is 1. The van der Waals surface area contributed by atoms with Gasteiger partial charge in [0, 0.05) is 6.07 Å². The fraction of sp³-hybridized carbons (Fsp3) is 0.250. The van der Waals surface area contributed by atoms with Crippen LogP contribution in [0.4, 0.5) is 5.69 Å². The number of nitro benzene ring substituents is 1. The highest BCUT2D eigenvalue weighted by atomic mass is 16.6. The number of esters is 1. The zero-order valence-corrected chi connectivity index (χ0v) is 11.3. The van der Waals surface area contributed by atoms with Crippen LogP contribution in [-0.4, -0.2) is 38.0 Å². The minimum Gasteiger partial charge on any atom is -0.502 e. The van der Waals surface area contributed by atoms with Crippen LogP contribution in [0.25, 0.3) is 11.3 Å². The second-order valence-corrected chi connectivity index (χ2v) is 4.18. The number of nitrogens with one attached hydrogen (secondary N) is 1. The molecule has 1 aromatic heterocycles. The SMILES string of the molecule is CCOC(=O)c1n[nH]nc1-c1cc(C)cc([N+](=O)[O-])c1O. The summed E-state index contributed by atoms with van der Waals surface area (Å²) in [6, 6.07) is 2.70. The van der Waals surface area contributed by atoms with Gasteiger partial charge in [-0.05, 0) is 25.5 Å². The summed E-state index contributed by atoms with van der Waals surface area (Å²) in [7, 11) is 0. The standard InChI is InChI=1S/C12H12N4O5/c1-3-21-12(18)10-9(13-15-14-10)7-4-6(2)5-8(11(7)17)16(19)20/h4-5,17H,3H2,1-2H3,(H,13,14,15). The van der Waals surface area contributed by atoms with Crippen molar-refractivity contribution in [2.24, 2.45) is 0 Å². The van der Waals surface area contributed by atoms with E-state index in [1.165, 1.54) is 12.1 Å². The number of nitro groups is 1. The molecule has 0 aliphatic rings. The van der Waals surface area contributed by atoms with Gasteiger partial charge in [0.1, 0.15) is 5.69 Å². The topological polar surface area (TPSA) is 131 Å². The Morgan fingerprint density at radius 3 is 2.81 bits per heavy atom. The Kier molecular flexibility index (Phi) is 3.83. The molecule has 9 nitrogen and oxygen atoms in total. The maximum Gasteiger partial charge on any atom is 0.361 e. The van der Waals surface area contributed by atoms with Crippen LogP contribution in [-0.2, 0) is 4.74 Å². The Morgan fingerprint density at radius 2 is 2.19 bits per heavy atom. The maximum absolute atomic E-state index is 11.8. The van der Waals surface area contributed by atoms with Gasteiger partial charge in [-0.1, -0.05) is 0 Å². The molecule has 0 amide bonds. The highest BCUT2D eigenvalue weighted by Crippen LogP contribution is 2.38. The Labute approximate surface area is 118 Å². The van der Waals surface area contributed by atoms with Gasteiger partial charge in [0.25, 0.3) is 0 Å². The molecule has 2 N–H and O–H groups in total. The van der Waals surface area contributed by atoms with Gasteiger partial charge in [-0.2, -0.15) is 10.3 Å². The van der Waals surface area contributed by atoms with Crippen LogP contribution >= 0.6 is 0 Å². The van der Waals surface area contributed by atoms with Crippen molar-refractivity contribution in [3.8, 4) is 17.0 Å². The Bertz CT molecular complexity index is 710. The van der Waals surface area contributed by atoms with Gasteiger partial charge in [0.15, 0.2) is 5.69 Å². The molecule has 1 aromatic carbocycles. The number of aryl methyl sites for hydroxylation is 1. The summed E-state index contributed by atoms with van der Waals surface area (Å²) in [5.74, 6) is -1.31. The minimum absolute atomic E-state index is 0.00208. The molecule has 9 heteroatoms. The molecule has 1 heterocycles. The summed E-state index contributed by atoms with van der Waals surface area (Å²) in [6.07, 6.45) is 0. The number of rotatable bonds is 4. The molecule has 0 atom stereocenters. The molecule has 0 radical (unpaired) electrons. The van der Waals surface area contributed by atoms with Crippen molar-refractivity contribution in [1.29, 1.82) is 0 Å². The van der Waals surface area contributed by atoms with E-state index in [0.717, 1.165) is 0 Å². The van der Waals surface area contributed by atoms with E-state index in [0.29, 0.717) is 5.56 Å². The van der Waals surface area contributed by atoms with E-state index < -0.39 is 22.3 Å². The van der Waals surface area contributed by atoms with E-state index in [2.05, 4.69) is 15.4 Å². The number of carbonyl (C=O) groups is 1. The number of carbonyl (C=O) groups excluding carboxylic acids is 1. The van der Waals surface area contributed by atoms with Crippen LogP contribution in [0.3, 0.4) is 0 Å². The van der Waals surface area contributed by atoms with Crippen LogP contribution in [0.5, 0.6) is 5.75 Å². The van der Waals surface area contributed by atoms with Crippen molar-refractivity contribution in [2.75, 3.05) is 6.61 Å². The van der Waals surface area contributed by atoms with Crippen LogP contribution in [0.2, 0.25) is 0 Å². The van der Waals surface area contributed by atoms with Crippen molar-refractivity contribution >= 4 is 11.7 Å². The molecule has 0 unspecified atom stereocenters. The summed E-state index contributed by atoms with van der Waals surface area (Å²) >= 11 is 0. The first-order chi connectivity index (χ1) is 9.95. The molecule has 2 rings (SSSR count). The first kappa shape index (κ1) is 14.4. The van der Waals surface area contributed by atoms with Crippen molar-refractivity contribution < 1.29 is 19.6 Å². The number of hydrogen-bond donors (Lipinski definition) is 2. The fourth-order valence-corrected chi connectivity index (χ4v) is 1.84. The Balaban J connectivity index is 2.61. The van der Waals surface area contributed by atoms with Crippen LogP contribution in [0.1, 0.15) is 23.0 Å². The Morgan fingerprint density at radius 1 is 1.48 bits per heavy atom. The number of H-pyrrole nitrogens is 1. The van der Waals surface area contributed by atoms with Crippen LogP contribution in [0.15, 0.2) is 12.1 Å². The lowest BCUT2D eigenvalue weighted by Crippen LogP contribution is -2.07. The summed E-state index contributed by atoms with van der Waals surface area (Å²) in [5.41, 5.74) is -0.0431. The fourth-order valence-electron chi connectivity index (χ4n) is 1.84. The second-order valence-electron chi connectivity index (χ2n) is 4.18. The van der Waals surface area contributed by atoms with Crippen LogP contribution in [0, 0.1) is 17.0 Å². The van der Waals surface area contributed by atoms with Crippen molar-refractivity contribution in [3.63, 3.8) is 0 Å². The number of aromatic amines is 1. The van der Waals surface area contributed by atoms with E-state index in [-0.39, 0.29) is 23.6 Å².